The molecule has 4 rings (SSSR count). The minimum absolute atomic E-state index is 0.0264. The van der Waals surface area contributed by atoms with E-state index in [1.165, 1.54) is 24.3 Å². The number of nitrogens with one attached hydrogen (secondary N) is 1. The number of anilines is 1. The van der Waals surface area contributed by atoms with Gasteiger partial charge in [-0.2, -0.15) is 9.78 Å². The Labute approximate surface area is 186 Å². The van der Waals surface area contributed by atoms with Crippen molar-refractivity contribution >= 4 is 39.0 Å². The van der Waals surface area contributed by atoms with Gasteiger partial charge < -0.3 is 10.1 Å². The van der Waals surface area contributed by atoms with Gasteiger partial charge in [0.25, 0.3) is 11.5 Å². The second-order valence-corrected chi connectivity index (χ2v) is 7.82. The molecule has 0 unspecified atom stereocenters. The summed E-state index contributed by atoms with van der Waals surface area (Å²) in [5, 5.41) is 9.24. The normalized spacial score (nSPS) is 10.8. The number of amides is 1. The Balaban J connectivity index is 1.88. The van der Waals surface area contributed by atoms with Crippen LogP contribution in [0.1, 0.15) is 33.3 Å². The summed E-state index contributed by atoms with van der Waals surface area (Å²) in [4.78, 5) is 38.6. The Kier molecular flexibility index (Phi) is 5.83. The molecule has 0 fully saturated rings. The Morgan fingerprint density at radius 1 is 1.19 bits per heavy atom. The molecule has 0 saturated heterocycles. The van der Waals surface area contributed by atoms with Crippen LogP contribution >= 0.6 is 11.3 Å². The number of aromatic nitrogens is 2. The van der Waals surface area contributed by atoms with Gasteiger partial charge >= 0.3 is 5.97 Å². The number of esters is 1. The number of ether oxygens (including phenoxy) is 1. The zero-order valence-electron chi connectivity index (χ0n) is 17.2. The van der Waals surface area contributed by atoms with Crippen molar-refractivity contribution in [2.75, 3.05) is 11.9 Å². The lowest BCUT2D eigenvalue weighted by Gasteiger charge is -2.10. The first-order chi connectivity index (χ1) is 15.4. The summed E-state index contributed by atoms with van der Waals surface area (Å²) in [6.07, 6.45) is 0. The Bertz CT molecular complexity index is 1390. The summed E-state index contributed by atoms with van der Waals surface area (Å²) in [6, 6.07) is 12.2. The average molecular weight is 451 g/mol. The van der Waals surface area contributed by atoms with Crippen LogP contribution in [0, 0.1) is 12.7 Å². The lowest BCUT2D eigenvalue weighted by Crippen LogP contribution is -2.25. The van der Waals surface area contributed by atoms with Crippen molar-refractivity contribution in [3.05, 3.63) is 86.9 Å². The van der Waals surface area contributed by atoms with Crippen LogP contribution in [0.3, 0.4) is 0 Å². The molecule has 162 valence electrons. The second-order valence-electron chi connectivity index (χ2n) is 6.94. The van der Waals surface area contributed by atoms with Crippen LogP contribution < -0.4 is 10.9 Å². The number of halogens is 1. The largest absolute Gasteiger partial charge is 0.461 e. The fraction of sp³-hybridized carbons (Fsp3) is 0.130. The summed E-state index contributed by atoms with van der Waals surface area (Å²) < 4.78 is 19.4. The van der Waals surface area contributed by atoms with E-state index in [0.717, 1.165) is 21.6 Å². The quantitative estimate of drug-likeness (QED) is 0.457. The average Bonchev–Trinajstić information content (AvgIpc) is 3.18. The highest BCUT2D eigenvalue weighted by atomic mass is 32.1. The Morgan fingerprint density at radius 3 is 2.62 bits per heavy atom. The zero-order valence-corrected chi connectivity index (χ0v) is 18.0. The molecule has 1 N–H and O–H groups in total. The molecular formula is C23H18FN3O4S. The van der Waals surface area contributed by atoms with Crippen LogP contribution in [0.5, 0.6) is 0 Å². The predicted molar refractivity (Wildman–Crippen MR) is 120 cm³/mol. The number of thiophene rings is 1. The van der Waals surface area contributed by atoms with E-state index in [0.29, 0.717) is 5.69 Å². The van der Waals surface area contributed by atoms with E-state index in [4.69, 9.17) is 4.74 Å². The molecule has 4 aromatic rings. The van der Waals surface area contributed by atoms with Gasteiger partial charge in [-0.1, -0.05) is 12.1 Å². The molecule has 32 heavy (non-hydrogen) atoms. The molecular weight excluding hydrogens is 433 g/mol. The highest BCUT2D eigenvalue weighted by Crippen LogP contribution is 2.31. The van der Waals surface area contributed by atoms with Gasteiger partial charge in [-0.05, 0) is 55.8 Å². The third-order valence-electron chi connectivity index (χ3n) is 4.70. The summed E-state index contributed by atoms with van der Waals surface area (Å²) >= 11 is 1.09. The van der Waals surface area contributed by atoms with Crippen LogP contribution in [0.25, 0.3) is 16.5 Å². The predicted octanol–water partition coefficient (Wildman–Crippen LogP) is 4.32. The lowest BCUT2D eigenvalue weighted by molar-refractivity contribution is 0.0520. The van der Waals surface area contributed by atoms with Crippen molar-refractivity contribution in [2.24, 2.45) is 0 Å². The number of carbonyl (C=O) groups excluding carboxylic acids is 2. The van der Waals surface area contributed by atoms with Gasteiger partial charge in [0.05, 0.1) is 17.7 Å². The van der Waals surface area contributed by atoms with Gasteiger partial charge in [-0.15, -0.1) is 11.3 Å². The number of rotatable bonds is 5. The van der Waals surface area contributed by atoms with E-state index in [-0.39, 0.29) is 33.6 Å². The number of aryl methyl sites for hydroxylation is 1. The second kappa shape index (κ2) is 8.72. The van der Waals surface area contributed by atoms with Crippen LogP contribution in [0.15, 0.2) is 58.7 Å². The van der Waals surface area contributed by atoms with E-state index >= 15 is 0 Å². The van der Waals surface area contributed by atoms with E-state index < -0.39 is 23.3 Å². The zero-order chi connectivity index (χ0) is 22.8. The van der Waals surface area contributed by atoms with Gasteiger partial charge in [-0.3, -0.25) is 9.59 Å². The molecule has 9 heteroatoms. The molecule has 0 aliphatic heterocycles. The maximum absolute atomic E-state index is 13.4. The highest BCUT2D eigenvalue weighted by Gasteiger charge is 2.23. The van der Waals surface area contributed by atoms with Crippen LogP contribution in [0.4, 0.5) is 9.39 Å². The molecule has 0 bridgehead atoms. The first kappa shape index (κ1) is 21.4. The fourth-order valence-corrected chi connectivity index (χ4v) is 4.14. The number of hydrogen-bond acceptors (Lipinski definition) is 6. The van der Waals surface area contributed by atoms with E-state index in [2.05, 4.69) is 10.4 Å². The van der Waals surface area contributed by atoms with E-state index in [9.17, 15) is 18.8 Å². The summed E-state index contributed by atoms with van der Waals surface area (Å²) in [5.74, 6) is -1.65. The molecule has 7 nitrogen and oxygen atoms in total. The highest BCUT2D eigenvalue weighted by molar-refractivity contribution is 7.16. The topological polar surface area (TPSA) is 90.3 Å². The van der Waals surface area contributed by atoms with Crippen LogP contribution in [0.2, 0.25) is 0 Å². The minimum atomic E-state index is -0.673. The van der Waals surface area contributed by atoms with Crippen LogP contribution in [-0.4, -0.2) is 28.3 Å². The number of hydrogen-bond donors (Lipinski definition) is 1. The minimum Gasteiger partial charge on any atom is -0.461 e. The number of fused-ring (bicyclic) bond motifs is 1. The smallest absolute Gasteiger partial charge is 0.359 e. The van der Waals surface area contributed by atoms with Crippen molar-refractivity contribution < 1.29 is 18.7 Å². The number of carbonyl (C=O) groups is 2. The van der Waals surface area contributed by atoms with Gasteiger partial charge in [-0.25, -0.2) is 9.18 Å². The molecule has 0 aliphatic carbocycles. The fourth-order valence-electron chi connectivity index (χ4n) is 3.20. The standard InChI is InChI=1S/C23H18FN3O4S/c1-3-31-23(30)19-17-12-32-21(25-20(28)14-7-9-15(24)10-8-14)18(17)22(29)27(26-19)16-6-4-5-13(2)11-16/h4-12H,3H2,1-2H3,(H,25,28). The molecule has 2 aromatic carbocycles. The summed E-state index contributed by atoms with van der Waals surface area (Å²) in [6.45, 7) is 3.69. The van der Waals surface area contributed by atoms with Crippen LogP contribution in [-0.2, 0) is 4.74 Å². The van der Waals surface area contributed by atoms with Gasteiger partial charge in [0.2, 0.25) is 0 Å². The van der Waals surface area contributed by atoms with Gasteiger partial charge in [0.15, 0.2) is 5.69 Å². The molecule has 0 radical (unpaired) electrons. The van der Waals surface area contributed by atoms with Crippen molar-refractivity contribution in [3.63, 3.8) is 0 Å². The molecule has 0 spiro atoms. The maximum atomic E-state index is 13.4. The Morgan fingerprint density at radius 2 is 1.94 bits per heavy atom. The molecule has 0 atom stereocenters. The van der Waals surface area contributed by atoms with E-state index in [1.54, 1.807) is 30.5 Å². The summed E-state index contributed by atoms with van der Waals surface area (Å²) in [5.41, 5.74) is 1.09. The van der Waals surface area contributed by atoms with Crippen molar-refractivity contribution in [2.45, 2.75) is 13.8 Å². The van der Waals surface area contributed by atoms with Gasteiger partial charge in [0, 0.05) is 16.3 Å². The first-order valence-electron chi connectivity index (χ1n) is 9.74. The maximum Gasteiger partial charge on any atom is 0.359 e. The molecule has 0 aliphatic rings. The third kappa shape index (κ3) is 4.02. The molecule has 0 saturated carbocycles. The molecule has 1 amide bonds. The van der Waals surface area contributed by atoms with Crippen molar-refractivity contribution in [1.82, 2.24) is 9.78 Å². The lowest BCUT2D eigenvalue weighted by atomic mass is 10.2. The number of nitrogens with zero attached hydrogens (tertiary/aromatic N) is 2. The third-order valence-corrected chi connectivity index (χ3v) is 5.60. The van der Waals surface area contributed by atoms with Crippen molar-refractivity contribution in [1.29, 1.82) is 0 Å². The SMILES string of the molecule is CCOC(=O)c1nn(-c2cccc(C)c2)c(=O)c2c(NC(=O)c3ccc(F)cc3)scc12. The number of benzene rings is 2. The molecule has 2 aromatic heterocycles. The Hall–Kier alpha value is -3.85. The van der Waals surface area contributed by atoms with Crippen molar-refractivity contribution in [3.8, 4) is 5.69 Å². The van der Waals surface area contributed by atoms with E-state index in [1.807, 2.05) is 13.0 Å². The first-order valence-corrected chi connectivity index (χ1v) is 10.6. The molecule has 2 heterocycles. The summed E-state index contributed by atoms with van der Waals surface area (Å²) in [7, 11) is 0. The monoisotopic (exact) mass is 451 g/mol. The van der Waals surface area contributed by atoms with Gasteiger partial charge in [0.1, 0.15) is 10.8 Å².